The molecule has 0 aromatic heterocycles. The largest absolute Gasteiger partial charge is 0.478 e. The Bertz CT molecular complexity index is 336. The molecule has 0 bridgehead atoms. The van der Waals surface area contributed by atoms with Crippen molar-refractivity contribution in [2.24, 2.45) is 5.73 Å². The molecule has 0 unspecified atom stereocenters. The van der Waals surface area contributed by atoms with Crippen LogP contribution in [0.1, 0.15) is 28.9 Å². The molecule has 4 heteroatoms. The molecule has 1 aromatic rings. The van der Waals surface area contributed by atoms with Crippen LogP contribution in [-0.2, 0) is 0 Å². The molecule has 3 N–H and O–H groups in total. The Hall–Kier alpha value is -0.870. The number of nitrogens with two attached hydrogens (primary N) is 1. The van der Waals surface area contributed by atoms with E-state index in [1.54, 1.807) is 12.1 Å². The SMILES string of the molecule is C[C@H](N)c1cc(C(=O)O)ccc1Br. The molecule has 1 atom stereocenters. The van der Waals surface area contributed by atoms with Gasteiger partial charge < -0.3 is 10.8 Å². The summed E-state index contributed by atoms with van der Waals surface area (Å²) in [6, 6.07) is 4.64. The standard InChI is InChI=1S/C9H10BrNO2/c1-5(11)7-4-6(9(12)13)2-3-8(7)10/h2-5H,11H2,1H3,(H,12,13)/t5-/m0/s1. The van der Waals surface area contributed by atoms with E-state index in [1.165, 1.54) is 6.07 Å². The van der Waals surface area contributed by atoms with Crippen molar-refractivity contribution in [2.75, 3.05) is 0 Å². The van der Waals surface area contributed by atoms with E-state index in [-0.39, 0.29) is 11.6 Å². The summed E-state index contributed by atoms with van der Waals surface area (Å²) >= 11 is 3.31. The summed E-state index contributed by atoms with van der Waals surface area (Å²) in [5.74, 6) is -0.936. The summed E-state index contributed by atoms with van der Waals surface area (Å²) < 4.78 is 0.840. The zero-order valence-electron chi connectivity index (χ0n) is 7.12. The minimum Gasteiger partial charge on any atom is -0.478 e. The first-order valence-corrected chi connectivity index (χ1v) is 4.60. The molecule has 0 spiro atoms. The lowest BCUT2D eigenvalue weighted by molar-refractivity contribution is 0.0696. The number of halogens is 1. The molecule has 1 aromatic carbocycles. The van der Waals surface area contributed by atoms with Crippen LogP contribution in [-0.4, -0.2) is 11.1 Å². The van der Waals surface area contributed by atoms with Crippen molar-refractivity contribution in [1.82, 2.24) is 0 Å². The zero-order chi connectivity index (χ0) is 10.0. The lowest BCUT2D eigenvalue weighted by atomic mass is 10.1. The highest BCUT2D eigenvalue weighted by Crippen LogP contribution is 2.23. The predicted molar refractivity (Wildman–Crippen MR) is 53.7 cm³/mol. The van der Waals surface area contributed by atoms with Crippen LogP contribution in [0.15, 0.2) is 22.7 Å². The lowest BCUT2D eigenvalue weighted by Crippen LogP contribution is -2.07. The van der Waals surface area contributed by atoms with E-state index in [2.05, 4.69) is 15.9 Å². The second-order valence-corrected chi connectivity index (χ2v) is 3.68. The summed E-state index contributed by atoms with van der Waals surface area (Å²) in [5.41, 5.74) is 6.73. The van der Waals surface area contributed by atoms with Gasteiger partial charge in [0.05, 0.1) is 5.56 Å². The fourth-order valence-electron chi connectivity index (χ4n) is 1.03. The molecule has 0 saturated carbocycles. The Morgan fingerprint density at radius 1 is 1.62 bits per heavy atom. The monoisotopic (exact) mass is 243 g/mol. The van der Waals surface area contributed by atoms with Gasteiger partial charge in [-0.1, -0.05) is 15.9 Å². The molecule has 0 aliphatic carbocycles. The average molecular weight is 244 g/mol. The zero-order valence-corrected chi connectivity index (χ0v) is 8.71. The second kappa shape index (κ2) is 3.89. The van der Waals surface area contributed by atoms with E-state index in [1.807, 2.05) is 6.92 Å². The van der Waals surface area contributed by atoms with Gasteiger partial charge in [0, 0.05) is 10.5 Å². The van der Waals surface area contributed by atoms with Gasteiger partial charge >= 0.3 is 5.97 Å². The number of carboxylic acid groups (broad SMARTS) is 1. The smallest absolute Gasteiger partial charge is 0.335 e. The average Bonchev–Trinajstić information content (AvgIpc) is 2.04. The van der Waals surface area contributed by atoms with E-state index in [0.29, 0.717) is 0 Å². The molecular formula is C9H10BrNO2. The van der Waals surface area contributed by atoms with Crippen molar-refractivity contribution in [3.8, 4) is 0 Å². The summed E-state index contributed by atoms with van der Waals surface area (Å²) in [7, 11) is 0. The van der Waals surface area contributed by atoms with Crippen LogP contribution in [0.25, 0.3) is 0 Å². The normalized spacial score (nSPS) is 12.5. The highest BCUT2D eigenvalue weighted by atomic mass is 79.9. The molecule has 0 fully saturated rings. The van der Waals surface area contributed by atoms with Gasteiger partial charge in [0.1, 0.15) is 0 Å². The Labute approximate surface area is 84.7 Å². The first-order valence-electron chi connectivity index (χ1n) is 3.80. The Morgan fingerprint density at radius 2 is 2.23 bits per heavy atom. The van der Waals surface area contributed by atoms with Gasteiger partial charge in [-0.25, -0.2) is 4.79 Å². The lowest BCUT2D eigenvalue weighted by Gasteiger charge is -2.08. The second-order valence-electron chi connectivity index (χ2n) is 2.83. The van der Waals surface area contributed by atoms with Crippen molar-refractivity contribution >= 4 is 21.9 Å². The van der Waals surface area contributed by atoms with E-state index < -0.39 is 5.97 Å². The van der Waals surface area contributed by atoms with E-state index in [0.717, 1.165) is 10.0 Å². The number of hydrogen-bond acceptors (Lipinski definition) is 2. The van der Waals surface area contributed by atoms with Gasteiger partial charge in [-0.05, 0) is 30.7 Å². The highest BCUT2D eigenvalue weighted by molar-refractivity contribution is 9.10. The summed E-state index contributed by atoms with van der Waals surface area (Å²) in [4.78, 5) is 10.6. The van der Waals surface area contributed by atoms with Crippen molar-refractivity contribution < 1.29 is 9.90 Å². The first kappa shape index (κ1) is 10.2. The number of carboxylic acids is 1. The van der Waals surface area contributed by atoms with Crippen molar-refractivity contribution in [3.63, 3.8) is 0 Å². The molecule has 0 heterocycles. The third-order valence-corrected chi connectivity index (χ3v) is 2.46. The number of rotatable bonds is 2. The molecule has 13 heavy (non-hydrogen) atoms. The van der Waals surface area contributed by atoms with Gasteiger partial charge in [0.2, 0.25) is 0 Å². The molecule has 3 nitrogen and oxygen atoms in total. The molecule has 1 rings (SSSR count). The number of hydrogen-bond donors (Lipinski definition) is 2. The quantitative estimate of drug-likeness (QED) is 0.837. The minimum absolute atomic E-state index is 0.173. The van der Waals surface area contributed by atoms with Gasteiger partial charge in [-0.2, -0.15) is 0 Å². The highest BCUT2D eigenvalue weighted by Gasteiger charge is 2.09. The van der Waals surface area contributed by atoms with Gasteiger partial charge in [-0.15, -0.1) is 0 Å². The summed E-state index contributed by atoms with van der Waals surface area (Å²) in [6.45, 7) is 1.81. The molecule has 0 radical (unpaired) electrons. The number of carbonyl (C=O) groups is 1. The molecule has 0 aliphatic heterocycles. The van der Waals surface area contributed by atoms with Crippen LogP contribution >= 0.6 is 15.9 Å². The fraction of sp³-hybridized carbons (Fsp3) is 0.222. The van der Waals surface area contributed by atoms with E-state index in [9.17, 15) is 4.79 Å². The fourth-order valence-corrected chi connectivity index (χ4v) is 1.63. The Kier molecular flexibility index (Phi) is 3.06. The van der Waals surface area contributed by atoms with Crippen LogP contribution < -0.4 is 5.73 Å². The van der Waals surface area contributed by atoms with Crippen LogP contribution in [0.3, 0.4) is 0 Å². The molecular weight excluding hydrogens is 234 g/mol. The molecule has 0 saturated heterocycles. The Balaban J connectivity index is 3.19. The van der Waals surface area contributed by atoms with E-state index in [4.69, 9.17) is 10.8 Å². The van der Waals surface area contributed by atoms with Crippen LogP contribution in [0.2, 0.25) is 0 Å². The topological polar surface area (TPSA) is 63.3 Å². The minimum atomic E-state index is -0.936. The van der Waals surface area contributed by atoms with Crippen LogP contribution in [0, 0.1) is 0 Å². The maximum atomic E-state index is 10.6. The van der Waals surface area contributed by atoms with Gasteiger partial charge in [0.25, 0.3) is 0 Å². The third kappa shape index (κ3) is 2.29. The maximum Gasteiger partial charge on any atom is 0.335 e. The molecule has 0 amide bonds. The number of benzene rings is 1. The van der Waals surface area contributed by atoms with Crippen LogP contribution in [0.4, 0.5) is 0 Å². The van der Waals surface area contributed by atoms with Gasteiger partial charge in [0.15, 0.2) is 0 Å². The summed E-state index contributed by atoms with van der Waals surface area (Å²) in [6.07, 6.45) is 0. The van der Waals surface area contributed by atoms with Crippen molar-refractivity contribution in [3.05, 3.63) is 33.8 Å². The molecule has 0 aliphatic rings. The van der Waals surface area contributed by atoms with Crippen molar-refractivity contribution in [2.45, 2.75) is 13.0 Å². The third-order valence-electron chi connectivity index (χ3n) is 1.73. The number of aromatic carboxylic acids is 1. The van der Waals surface area contributed by atoms with Gasteiger partial charge in [-0.3, -0.25) is 0 Å². The summed E-state index contributed by atoms with van der Waals surface area (Å²) in [5, 5.41) is 8.73. The van der Waals surface area contributed by atoms with Crippen molar-refractivity contribution in [1.29, 1.82) is 0 Å². The molecule has 70 valence electrons. The predicted octanol–water partition coefficient (Wildman–Crippen LogP) is 2.17. The Morgan fingerprint density at radius 3 is 2.69 bits per heavy atom. The maximum absolute atomic E-state index is 10.6. The van der Waals surface area contributed by atoms with Crippen LogP contribution in [0.5, 0.6) is 0 Å². The first-order chi connectivity index (χ1) is 6.02. The van der Waals surface area contributed by atoms with E-state index >= 15 is 0 Å².